The molecule has 88 valence electrons. The first kappa shape index (κ1) is 12.9. The molecule has 2 rings (SSSR count). The van der Waals surface area contributed by atoms with Crippen molar-refractivity contribution in [1.29, 1.82) is 0 Å². The number of likely N-dealkylation sites (tertiary alicyclic amines) is 1. The van der Waals surface area contributed by atoms with E-state index in [1.54, 1.807) is 0 Å². The fraction of sp³-hybridized carbons (Fsp3) is 0.500. The number of halogens is 3. The van der Waals surface area contributed by atoms with E-state index in [9.17, 15) is 0 Å². The topological polar surface area (TPSA) is 3.24 Å². The molecule has 0 radical (unpaired) electrons. The molecule has 0 aliphatic carbocycles. The van der Waals surface area contributed by atoms with E-state index in [0.717, 1.165) is 5.02 Å². The molecular weight excluding hydrogens is 356 g/mol. The second-order valence-electron chi connectivity index (χ2n) is 4.10. The van der Waals surface area contributed by atoms with Crippen LogP contribution in [-0.4, -0.2) is 18.0 Å². The summed E-state index contributed by atoms with van der Waals surface area (Å²) in [7, 11) is 0. The molecule has 1 fully saturated rings. The SMILES string of the molecule is Clc1ccc(C(I)N2CCCCC2)c(Cl)c1. The Morgan fingerprint density at radius 1 is 1.12 bits per heavy atom. The number of benzene rings is 1. The Hall–Kier alpha value is 0.490. The molecule has 0 saturated carbocycles. The zero-order valence-corrected chi connectivity index (χ0v) is 12.6. The molecule has 1 atom stereocenters. The third-order valence-electron chi connectivity index (χ3n) is 2.93. The van der Waals surface area contributed by atoms with E-state index in [0.29, 0.717) is 9.07 Å². The molecule has 4 heteroatoms. The number of rotatable bonds is 2. The monoisotopic (exact) mass is 369 g/mol. The van der Waals surface area contributed by atoms with E-state index in [1.165, 1.54) is 37.9 Å². The largest absolute Gasteiger partial charge is 0.288 e. The van der Waals surface area contributed by atoms with Crippen molar-refractivity contribution in [2.75, 3.05) is 13.1 Å². The lowest BCUT2D eigenvalue weighted by Crippen LogP contribution is -2.31. The zero-order chi connectivity index (χ0) is 11.5. The molecule has 1 nitrogen and oxygen atoms in total. The summed E-state index contributed by atoms with van der Waals surface area (Å²) in [5.74, 6) is 0. The van der Waals surface area contributed by atoms with Crippen LogP contribution in [-0.2, 0) is 0 Å². The van der Waals surface area contributed by atoms with E-state index in [2.05, 4.69) is 27.5 Å². The van der Waals surface area contributed by atoms with Gasteiger partial charge in [0.1, 0.15) is 0 Å². The van der Waals surface area contributed by atoms with Gasteiger partial charge in [-0.25, -0.2) is 0 Å². The van der Waals surface area contributed by atoms with Crippen LogP contribution in [0.3, 0.4) is 0 Å². The fourth-order valence-corrected chi connectivity index (χ4v) is 3.83. The third kappa shape index (κ3) is 3.03. The number of nitrogens with zero attached hydrogens (tertiary/aromatic N) is 1. The van der Waals surface area contributed by atoms with Crippen molar-refractivity contribution >= 4 is 45.8 Å². The van der Waals surface area contributed by atoms with Gasteiger partial charge in [-0.2, -0.15) is 0 Å². The number of hydrogen-bond donors (Lipinski definition) is 0. The lowest BCUT2D eigenvalue weighted by molar-refractivity contribution is 0.223. The molecule has 1 aromatic rings. The molecule has 1 aliphatic heterocycles. The second kappa shape index (κ2) is 5.89. The molecule has 0 N–H and O–H groups in total. The lowest BCUT2D eigenvalue weighted by Gasteiger charge is -2.31. The molecule has 1 aromatic carbocycles. The summed E-state index contributed by atoms with van der Waals surface area (Å²) < 4.78 is 0.364. The van der Waals surface area contributed by atoms with Gasteiger partial charge in [0.15, 0.2) is 0 Å². The average molecular weight is 370 g/mol. The first-order valence-electron chi connectivity index (χ1n) is 5.51. The summed E-state index contributed by atoms with van der Waals surface area (Å²) in [6.45, 7) is 2.35. The predicted molar refractivity (Wildman–Crippen MR) is 78.6 cm³/mol. The van der Waals surface area contributed by atoms with Gasteiger partial charge in [0.2, 0.25) is 0 Å². The first-order valence-corrected chi connectivity index (χ1v) is 7.52. The quantitative estimate of drug-likeness (QED) is 0.406. The van der Waals surface area contributed by atoms with Gasteiger partial charge in [-0.3, -0.25) is 4.90 Å². The summed E-state index contributed by atoms with van der Waals surface area (Å²) >= 11 is 14.6. The Kier molecular flexibility index (Phi) is 4.76. The smallest absolute Gasteiger partial charge is 0.0888 e. The molecule has 0 bridgehead atoms. The molecule has 1 heterocycles. The van der Waals surface area contributed by atoms with Crippen LogP contribution >= 0.6 is 45.8 Å². The highest BCUT2D eigenvalue weighted by atomic mass is 127. The Balaban J connectivity index is 2.15. The van der Waals surface area contributed by atoms with Crippen LogP contribution in [0.2, 0.25) is 10.0 Å². The van der Waals surface area contributed by atoms with Crippen LogP contribution in [0.25, 0.3) is 0 Å². The second-order valence-corrected chi connectivity index (χ2v) is 6.12. The number of hydrogen-bond acceptors (Lipinski definition) is 1. The van der Waals surface area contributed by atoms with Crippen molar-refractivity contribution in [2.24, 2.45) is 0 Å². The van der Waals surface area contributed by atoms with Crippen LogP contribution in [0.15, 0.2) is 18.2 Å². The third-order valence-corrected chi connectivity index (χ3v) is 4.95. The van der Waals surface area contributed by atoms with Gasteiger partial charge in [0.05, 0.1) is 4.05 Å². The highest BCUT2D eigenvalue weighted by Gasteiger charge is 2.21. The normalized spacial score (nSPS) is 19.7. The lowest BCUT2D eigenvalue weighted by atomic mass is 10.1. The standard InChI is InChI=1S/C12H14Cl2IN/c13-9-4-5-10(11(14)8-9)12(15)16-6-2-1-3-7-16/h4-5,8,12H,1-3,6-7H2. The zero-order valence-electron chi connectivity index (χ0n) is 8.93. The molecule has 1 aliphatic rings. The minimum Gasteiger partial charge on any atom is -0.288 e. The van der Waals surface area contributed by atoms with Crippen molar-refractivity contribution in [2.45, 2.75) is 23.3 Å². The van der Waals surface area contributed by atoms with E-state index in [4.69, 9.17) is 23.2 Å². The number of alkyl halides is 1. The van der Waals surface area contributed by atoms with Crippen LogP contribution in [0.4, 0.5) is 0 Å². The molecular formula is C12H14Cl2IN. The van der Waals surface area contributed by atoms with Gasteiger partial charge in [0, 0.05) is 10.0 Å². The summed E-state index contributed by atoms with van der Waals surface area (Å²) in [5.41, 5.74) is 1.17. The summed E-state index contributed by atoms with van der Waals surface area (Å²) in [4.78, 5) is 2.49. The predicted octanol–water partition coefficient (Wildman–Crippen LogP) is 4.91. The van der Waals surface area contributed by atoms with Gasteiger partial charge in [0.25, 0.3) is 0 Å². The molecule has 1 saturated heterocycles. The van der Waals surface area contributed by atoms with E-state index < -0.39 is 0 Å². The Labute approximate surface area is 120 Å². The molecule has 0 aromatic heterocycles. The van der Waals surface area contributed by atoms with Crippen molar-refractivity contribution in [3.63, 3.8) is 0 Å². The Morgan fingerprint density at radius 3 is 2.44 bits per heavy atom. The average Bonchev–Trinajstić information content (AvgIpc) is 2.29. The molecule has 1 unspecified atom stereocenters. The highest BCUT2D eigenvalue weighted by Crippen LogP contribution is 2.35. The summed E-state index contributed by atoms with van der Waals surface area (Å²) in [6, 6.07) is 5.78. The molecule has 0 spiro atoms. The summed E-state index contributed by atoms with van der Waals surface area (Å²) in [6.07, 6.45) is 3.95. The summed E-state index contributed by atoms with van der Waals surface area (Å²) in [5, 5.41) is 1.48. The minimum atomic E-state index is 0.364. The Morgan fingerprint density at radius 2 is 1.81 bits per heavy atom. The van der Waals surface area contributed by atoms with Crippen LogP contribution in [0.1, 0.15) is 28.9 Å². The molecule has 0 amide bonds. The van der Waals surface area contributed by atoms with Gasteiger partial charge in [-0.05, 0) is 43.6 Å². The van der Waals surface area contributed by atoms with E-state index in [1.807, 2.05) is 18.2 Å². The van der Waals surface area contributed by atoms with E-state index >= 15 is 0 Å². The van der Waals surface area contributed by atoms with Gasteiger partial charge >= 0.3 is 0 Å². The van der Waals surface area contributed by atoms with Crippen LogP contribution in [0.5, 0.6) is 0 Å². The van der Waals surface area contributed by atoms with Crippen molar-refractivity contribution in [3.05, 3.63) is 33.8 Å². The maximum absolute atomic E-state index is 6.23. The van der Waals surface area contributed by atoms with Gasteiger partial charge < -0.3 is 0 Å². The van der Waals surface area contributed by atoms with Crippen molar-refractivity contribution < 1.29 is 0 Å². The maximum atomic E-state index is 6.23. The van der Waals surface area contributed by atoms with Gasteiger partial charge in [-0.1, -0.05) is 58.3 Å². The van der Waals surface area contributed by atoms with Gasteiger partial charge in [-0.15, -0.1) is 0 Å². The first-order chi connectivity index (χ1) is 7.68. The van der Waals surface area contributed by atoms with Crippen molar-refractivity contribution in [3.8, 4) is 0 Å². The van der Waals surface area contributed by atoms with E-state index in [-0.39, 0.29) is 0 Å². The van der Waals surface area contributed by atoms with Crippen molar-refractivity contribution in [1.82, 2.24) is 4.90 Å². The maximum Gasteiger partial charge on any atom is 0.0888 e. The highest BCUT2D eigenvalue weighted by molar-refractivity contribution is 14.1. The van der Waals surface area contributed by atoms with Crippen LogP contribution < -0.4 is 0 Å². The Bertz CT molecular complexity index is 364. The molecule has 16 heavy (non-hydrogen) atoms. The minimum absolute atomic E-state index is 0.364. The fourth-order valence-electron chi connectivity index (χ4n) is 2.04. The number of piperidine rings is 1. The van der Waals surface area contributed by atoms with Crippen LogP contribution in [0, 0.1) is 0 Å².